The van der Waals surface area contributed by atoms with Gasteiger partial charge in [-0.3, -0.25) is 9.59 Å². The van der Waals surface area contributed by atoms with E-state index in [0.717, 1.165) is 29.7 Å². The maximum Gasteiger partial charge on any atom is 0.255 e. The molecule has 1 fully saturated rings. The number of amides is 2. The Morgan fingerprint density at radius 2 is 2.00 bits per heavy atom. The van der Waals surface area contributed by atoms with Gasteiger partial charge in [0.15, 0.2) is 6.61 Å². The Bertz CT molecular complexity index is 811. The van der Waals surface area contributed by atoms with Gasteiger partial charge in [-0.1, -0.05) is 23.8 Å². The molecule has 142 valence electrons. The average molecular weight is 368 g/mol. The normalized spacial score (nSPS) is 16.1. The molecule has 1 atom stereocenters. The van der Waals surface area contributed by atoms with E-state index in [9.17, 15) is 9.59 Å². The van der Waals surface area contributed by atoms with Crippen LogP contribution in [0, 0.1) is 12.8 Å². The molecule has 2 amide bonds. The van der Waals surface area contributed by atoms with E-state index in [1.54, 1.807) is 12.1 Å². The number of hydrogen-bond donors (Lipinski definition) is 2. The van der Waals surface area contributed by atoms with Gasteiger partial charge in [0, 0.05) is 30.2 Å². The van der Waals surface area contributed by atoms with Crippen molar-refractivity contribution in [2.24, 2.45) is 11.7 Å². The summed E-state index contributed by atoms with van der Waals surface area (Å²) in [6.45, 7) is 3.91. The van der Waals surface area contributed by atoms with E-state index in [1.807, 2.05) is 37.3 Å². The third-order valence-corrected chi connectivity index (χ3v) is 4.54. The highest BCUT2D eigenvalue weighted by molar-refractivity contribution is 5.94. The van der Waals surface area contributed by atoms with Crippen LogP contribution in [0.2, 0.25) is 0 Å². The second kappa shape index (κ2) is 8.68. The summed E-state index contributed by atoms with van der Waals surface area (Å²) in [5.74, 6) is 0.354. The maximum atomic E-state index is 12.3. The third kappa shape index (κ3) is 5.08. The summed E-state index contributed by atoms with van der Waals surface area (Å²) < 4.78 is 10.8. The van der Waals surface area contributed by atoms with Crippen LogP contribution >= 0.6 is 0 Å². The number of aryl methyl sites for hydroxylation is 1. The maximum absolute atomic E-state index is 12.3. The van der Waals surface area contributed by atoms with Gasteiger partial charge in [-0.2, -0.15) is 0 Å². The largest absolute Gasteiger partial charge is 0.483 e. The number of nitrogens with one attached hydrogen (secondary N) is 1. The molecular formula is C21H24N2O4. The van der Waals surface area contributed by atoms with Gasteiger partial charge in [0.05, 0.1) is 6.61 Å². The number of benzene rings is 2. The zero-order valence-corrected chi connectivity index (χ0v) is 15.4. The highest BCUT2D eigenvalue weighted by Crippen LogP contribution is 2.31. The Balaban J connectivity index is 1.71. The topological polar surface area (TPSA) is 90.7 Å². The summed E-state index contributed by atoms with van der Waals surface area (Å²) >= 11 is 0. The fraction of sp³-hybridized carbons (Fsp3) is 0.333. The lowest BCUT2D eigenvalue weighted by atomic mass is 10.0. The Morgan fingerprint density at radius 1 is 1.22 bits per heavy atom. The zero-order chi connectivity index (χ0) is 19.2. The Hall–Kier alpha value is -2.86. The van der Waals surface area contributed by atoms with E-state index in [2.05, 4.69) is 5.32 Å². The van der Waals surface area contributed by atoms with E-state index in [-0.39, 0.29) is 12.5 Å². The van der Waals surface area contributed by atoms with E-state index < -0.39 is 5.91 Å². The number of ether oxygens (including phenoxy) is 2. The molecule has 0 aromatic heterocycles. The summed E-state index contributed by atoms with van der Waals surface area (Å²) in [7, 11) is 0. The lowest BCUT2D eigenvalue weighted by molar-refractivity contribution is -0.119. The van der Waals surface area contributed by atoms with E-state index >= 15 is 0 Å². The molecule has 0 saturated carbocycles. The number of rotatable bonds is 7. The molecule has 6 nitrogen and oxygen atoms in total. The summed E-state index contributed by atoms with van der Waals surface area (Å²) in [6.07, 6.45) is 0.987. The second-order valence-corrected chi connectivity index (χ2v) is 6.77. The Labute approximate surface area is 158 Å². The number of hydrogen-bond acceptors (Lipinski definition) is 4. The molecule has 0 aliphatic carbocycles. The van der Waals surface area contributed by atoms with Crippen molar-refractivity contribution in [1.82, 2.24) is 5.32 Å². The lowest BCUT2D eigenvalue weighted by Gasteiger charge is -2.13. The molecule has 1 saturated heterocycles. The smallest absolute Gasteiger partial charge is 0.255 e. The summed E-state index contributed by atoms with van der Waals surface area (Å²) in [5, 5.41) is 2.96. The monoisotopic (exact) mass is 368 g/mol. The van der Waals surface area contributed by atoms with Crippen molar-refractivity contribution in [2.75, 3.05) is 26.4 Å². The minimum atomic E-state index is -0.527. The van der Waals surface area contributed by atoms with Crippen molar-refractivity contribution in [2.45, 2.75) is 13.3 Å². The minimum absolute atomic E-state index is 0.0945. The third-order valence-electron chi connectivity index (χ3n) is 4.54. The van der Waals surface area contributed by atoms with Crippen LogP contribution in [0.5, 0.6) is 5.75 Å². The van der Waals surface area contributed by atoms with E-state index in [1.165, 1.54) is 0 Å². The molecule has 27 heavy (non-hydrogen) atoms. The van der Waals surface area contributed by atoms with Gasteiger partial charge in [-0.05, 0) is 43.2 Å². The van der Waals surface area contributed by atoms with Crippen molar-refractivity contribution >= 4 is 11.8 Å². The Kier molecular flexibility index (Phi) is 6.08. The highest BCUT2D eigenvalue weighted by Gasteiger charge is 2.17. The van der Waals surface area contributed by atoms with E-state index in [4.69, 9.17) is 15.2 Å². The molecule has 1 aliphatic rings. The molecule has 1 heterocycles. The van der Waals surface area contributed by atoms with Crippen LogP contribution in [0.1, 0.15) is 22.3 Å². The first-order valence-corrected chi connectivity index (χ1v) is 9.01. The molecule has 6 heteroatoms. The lowest BCUT2D eigenvalue weighted by Crippen LogP contribution is -2.29. The molecular weight excluding hydrogens is 344 g/mol. The van der Waals surface area contributed by atoms with Gasteiger partial charge in [-0.25, -0.2) is 0 Å². The number of carbonyl (C=O) groups excluding carboxylic acids is 2. The summed E-state index contributed by atoms with van der Waals surface area (Å²) in [6, 6.07) is 13.0. The van der Waals surface area contributed by atoms with Crippen LogP contribution < -0.4 is 15.8 Å². The molecule has 2 aromatic rings. The SMILES string of the molecule is Cc1ccc(OCC(N)=O)c(-c2ccc(C(=O)NC[C@@H]3CCOC3)cc2)c1. The van der Waals surface area contributed by atoms with Crippen LogP contribution in [0.25, 0.3) is 11.1 Å². The zero-order valence-electron chi connectivity index (χ0n) is 15.4. The van der Waals surface area contributed by atoms with Gasteiger partial charge >= 0.3 is 0 Å². The fourth-order valence-electron chi connectivity index (χ4n) is 3.03. The number of carbonyl (C=O) groups is 2. The van der Waals surface area contributed by atoms with Gasteiger partial charge in [-0.15, -0.1) is 0 Å². The van der Waals surface area contributed by atoms with Crippen molar-refractivity contribution in [1.29, 1.82) is 0 Å². The summed E-state index contributed by atoms with van der Waals surface area (Å²) in [5.41, 5.74) is 8.59. The molecule has 0 bridgehead atoms. The highest BCUT2D eigenvalue weighted by atomic mass is 16.5. The number of nitrogens with two attached hydrogens (primary N) is 1. The van der Waals surface area contributed by atoms with Crippen LogP contribution in [0.15, 0.2) is 42.5 Å². The van der Waals surface area contributed by atoms with Crippen molar-refractivity contribution < 1.29 is 19.1 Å². The van der Waals surface area contributed by atoms with Crippen LogP contribution in [-0.4, -0.2) is 38.2 Å². The number of primary amides is 1. The predicted molar refractivity (Wildman–Crippen MR) is 103 cm³/mol. The Morgan fingerprint density at radius 3 is 2.67 bits per heavy atom. The molecule has 0 unspecified atom stereocenters. The molecule has 0 radical (unpaired) electrons. The van der Waals surface area contributed by atoms with Gasteiger partial charge in [0.1, 0.15) is 5.75 Å². The first-order valence-electron chi connectivity index (χ1n) is 9.01. The molecule has 3 rings (SSSR count). The van der Waals surface area contributed by atoms with Crippen molar-refractivity contribution in [3.05, 3.63) is 53.6 Å². The first kappa shape index (κ1) is 18.9. The predicted octanol–water partition coefficient (Wildman–Crippen LogP) is 2.29. The molecule has 0 spiro atoms. The van der Waals surface area contributed by atoms with Crippen LogP contribution in [0.4, 0.5) is 0 Å². The van der Waals surface area contributed by atoms with Crippen LogP contribution in [-0.2, 0) is 9.53 Å². The van der Waals surface area contributed by atoms with Gasteiger partial charge in [0.2, 0.25) is 0 Å². The molecule has 1 aliphatic heterocycles. The van der Waals surface area contributed by atoms with Crippen molar-refractivity contribution in [3.8, 4) is 16.9 Å². The van der Waals surface area contributed by atoms with Crippen molar-refractivity contribution in [3.63, 3.8) is 0 Å². The quantitative estimate of drug-likeness (QED) is 0.784. The van der Waals surface area contributed by atoms with Gasteiger partial charge < -0.3 is 20.5 Å². The van der Waals surface area contributed by atoms with E-state index in [0.29, 0.717) is 30.4 Å². The molecule has 2 aromatic carbocycles. The van der Waals surface area contributed by atoms with Crippen LogP contribution in [0.3, 0.4) is 0 Å². The average Bonchev–Trinajstić information content (AvgIpc) is 3.18. The minimum Gasteiger partial charge on any atom is -0.483 e. The fourth-order valence-corrected chi connectivity index (χ4v) is 3.03. The standard InChI is InChI=1S/C21H24N2O4/c1-14-2-7-19(27-13-20(22)24)18(10-14)16-3-5-17(6-4-16)21(25)23-11-15-8-9-26-12-15/h2-7,10,15H,8-9,11-13H2,1H3,(H2,22,24)(H,23,25)/t15-/m0/s1. The van der Waals surface area contributed by atoms with Gasteiger partial charge in [0.25, 0.3) is 11.8 Å². The second-order valence-electron chi connectivity index (χ2n) is 6.77. The first-order chi connectivity index (χ1) is 13.0. The summed E-state index contributed by atoms with van der Waals surface area (Å²) in [4.78, 5) is 23.3. The molecule has 3 N–H and O–H groups in total.